The Kier molecular flexibility index (Phi) is 3.66. The smallest absolute Gasteiger partial charge is 0.253 e. The van der Waals surface area contributed by atoms with E-state index in [0.29, 0.717) is 0 Å². The van der Waals surface area contributed by atoms with Crippen LogP contribution in [-0.2, 0) is 6.54 Å². The number of hydrogen-bond donors (Lipinski definition) is 0. The van der Waals surface area contributed by atoms with Crippen molar-refractivity contribution in [3.8, 4) is 0 Å². The molecule has 0 radical (unpaired) electrons. The van der Waals surface area contributed by atoms with Gasteiger partial charge in [-0.1, -0.05) is 15.9 Å². The summed E-state index contributed by atoms with van der Waals surface area (Å²) in [6, 6.07) is 1.57. The lowest BCUT2D eigenvalue weighted by Crippen LogP contribution is -2.23. The predicted molar refractivity (Wildman–Crippen MR) is 56.4 cm³/mol. The predicted octanol–water partition coefficient (Wildman–Crippen LogP) is 1.65. The molecule has 0 saturated carbocycles. The molecule has 13 heavy (non-hydrogen) atoms. The zero-order chi connectivity index (χ0) is 9.84. The normalized spacial score (nSPS) is 10.4. The fourth-order valence-electron chi connectivity index (χ4n) is 1.25. The fourth-order valence-corrected chi connectivity index (χ4v) is 1.50. The summed E-state index contributed by atoms with van der Waals surface area (Å²) in [5.74, 6) is 0.797. The lowest BCUT2D eigenvalue weighted by molar-refractivity contribution is 0.619. The zero-order valence-corrected chi connectivity index (χ0v) is 9.47. The van der Waals surface area contributed by atoms with Crippen molar-refractivity contribution in [1.82, 2.24) is 9.55 Å². The van der Waals surface area contributed by atoms with Crippen molar-refractivity contribution in [3.05, 3.63) is 27.9 Å². The number of aryl methyl sites for hydroxylation is 2. The second-order valence-corrected chi connectivity index (χ2v) is 3.77. The second-order valence-electron chi connectivity index (χ2n) is 2.98. The Morgan fingerprint density at radius 1 is 1.54 bits per heavy atom. The summed E-state index contributed by atoms with van der Waals surface area (Å²) < 4.78 is 1.70. The van der Waals surface area contributed by atoms with Gasteiger partial charge in [0.25, 0.3) is 5.56 Å². The van der Waals surface area contributed by atoms with Crippen LogP contribution in [0.3, 0.4) is 0 Å². The summed E-state index contributed by atoms with van der Waals surface area (Å²) in [6.45, 7) is 4.44. The summed E-state index contributed by atoms with van der Waals surface area (Å²) >= 11 is 3.33. The maximum atomic E-state index is 11.5. The molecule has 0 spiro atoms. The van der Waals surface area contributed by atoms with Crippen LogP contribution in [0.5, 0.6) is 0 Å². The number of rotatable bonds is 3. The van der Waals surface area contributed by atoms with Crippen molar-refractivity contribution >= 4 is 15.9 Å². The third-order valence-electron chi connectivity index (χ3n) is 1.84. The second kappa shape index (κ2) is 4.56. The van der Waals surface area contributed by atoms with E-state index in [-0.39, 0.29) is 5.56 Å². The van der Waals surface area contributed by atoms with E-state index in [1.54, 1.807) is 10.6 Å². The van der Waals surface area contributed by atoms with Gasteiger partial charge in [0.1, 0.15) is 5.82 Å². The van der Waals surface area contributed by atoms with E-state index in [4.69, 9.17) is 0 Å². The van der Waals surface area contributed by atoms with Gasteiger partial charge in [0.15, 0.2) is 0 Å². The van der Waals surface area contributed by atoms with E-state index in [2.05, 4.69) is 20.9 Å². The Labute approximate surface area is 85.9 Å². The molecule has 1 heterocycles. The number of halogens is 1. The van der Waals surface area contributed by atoms with E-state index < -0.39 is 0 Å². The highest BCUT2D eigenvalue weighted by molar-refractivity contribution is 9.09. The SMILES string of the molecule is Cc1cc(=O)n(CCCBr)c(C)n1. The molecule has 0 atom stereocenters. The number of nitrogens with zero attached hydrogens (tertiary/aromatic N) is 2. The van der Waals surface area contributed by atoms with Crippen LogP contribution in [0.2, 0.25) is 0 Å². The molecule has 0 saturated heterocycles. The summed E-state index contributed by atoms with van der Waals surface area (Å²) in [7, 11) is 0. The van der Waals surface area contributed by atoms with Crippen molar-refractivity contribution in [2.75, 3.05) is 5.33 Å². The number of hydrogen-bond acceptors (Lipinski definition) is 2. The van der Waals surface area contributed by atoms with Gasteiger partial charge in [0, 0.05) is 23.6 Å². The molecule has 4 heteroatoms. The number of aromatic nitrogens is 2. The molecule has 0 aliphatic rings. The molecule has 0 unspecified atom stereocenters. The van der Waals surface area contributed by atoms with E-state index in [1.807, 2.05) is 13.8 Å². The first kappa shape index (κ1) is 10.4. The molecular weight excluding hydrogens is 232 g/mol. The highest BCUT2D eigenvalue weighted by Crippen LogP contribution is 1.96. The minimum absolute atomic E-state index is 0.0472. The fraction of sp³-hybridized carbons (Fsp3) is 0.556. The number of alkyl halides is 1. The maximum Gasteiger partial charge on any atom is 0.253 e. The Hall–Kier alpha value is -0.640. The van der Waals surface area contributed by atoms with Crippen molar-refractivity contribution in [2.45, 2.75) is 26.8 Å². The monoisotopic (exact) mass is 244 g/mol. The van der Waals surface area contributed by atoms with Gasteiger partial charge in [-0.15, -0.1) is 0 Å². The third kappa shape index (κ3) is 2.66. The molecule has 1 aromatic rings. The Morgan fingerprint density at radius 2 is 2.23 bits per heavy atom. The van der Waals surface area contributed by atoms with Crippen LogP contribution in [0, 0.1) is 13.8 Å². The molecule has 0 aliphatic heterocycles. The van der Waals surface area contributed by atoms with Gasteiger partial charge in [0.05, 0.1) is 0 Å². The Bertz CT molecular complexity index is 346. The van der Waals surface area contributed by atoms with Crippen LogP contribution < -0.4 is 5.56 Å². The van der Waals surface area contributed by atoms with Gasteiger partial charge in [-0.25, -0.2) is 4.98 Å². The molecule has 0 amide bonds. The molecule has 0 fully saturated rings. The van der Waals surface area contributed by atoms with Crippen LogP contribution in [0.4, 0.5) is 0 Å². The highest BCUT2D eigenvalue weighted by atomic mass is 79.9. The summed E-state index contributed by atoms with van der Waals surface area (Å²) in [5, 5.41) is 0.909. The van der Waals surface area contributed by atoms with Crippen molar-refractivity contribution in [3.63, 3.8) is 0 Å². The van der Waals surface area contributed by atoms with Gasteiger partial charge in [0.2, 0.25) is 0 Å². The average Bonchev–Trinajstić information content (AvgIpc) is 2.02. The van der Waals surface area contributed by atoms with Crippen LogP contribution in [0.1, 0.15) is 17.9 Å². The quantitative estimate of drug-likeness (QED) is 0.759. The van der Waals surface area contributed by atoms with E-state index in [9.17, 15) is 4.79 Å². The van der Waals surface area contributed by atoms with Crippen molar-refractivity contribution in [2.24, 2.45) is 0 Å². The lowest BCUT2D eigenvalue weighted by atomic mass is 10.4. The van der Waals surface area contributed by atoms with Gasteiger partial charge in [-0.05, 0) is 20.3 Å². The standard InChI is InChI=1S/C9H13BrN2O/c1-7-6-9(13)12(5-3-4-10)8(2)11-7/h6H,3-5H2,1-2H3. The summed E-state index contributed by atoms with van der Waals surface area (Å²) in [6.07, 6.45) is 0.950. The zero-order valence-electron chi connectivity index (χ0n) is 7.88. The maximum absolute atomic E-state index is 11.5. The molecule has 1 rings (SSSR count). The van der Waals surface area contributed by atoms with E-state index >= 15 is 0 Å². The minimum Gasteiger partial charge on any atom is -0.297 e. The average molecular weight is 245 g/mol. The molecule has 0 N–H and O–H groups in total. The molecule has 1 aromatic heterocycles. The Morgan fingerprint density at radius 3 is 2.77 bits per heavy atom. The molecule has 72 valence electrons. The lowest BCUT2D eigenvalue weighted by Gasteiger charge is -2.07. The van der Waals surface area contributed by atoms with Crippen LogP contribution in [-0.4, -0.2) is 14.9 Å². The molecule has 0 aliphatic carbocycles. The van der Waals surface area contributed by atoms with Crippen molar-refractivity contribution < 1.29 is 0 Å². The van der Waals surface area contributed by atoms with Crippen LogP contribution in [0.15, 0.2) is 10.9 Å². The topological polar surface area (TPSA) is 34.9 Å². The van der Waals surface area contributed by atoms with E-state index in [1.165, 1.54) is 0 Å². The first-order valence-corrected chi connectivity index (χ1v) is 5.38. The van der Waals surface area contributed by atoms with Gasteiger partial charge < -0.3 is 0 Å². The first-order chi connectivity index (χ1) is 6.15. The summed E-state index contributed by atoms with van der Waals surface area (Å²) in [5.41, 5.74) is 0.837. The van der Waals surface area contributed by atoms with Gasteiger partial charge >= 0.3 is 0 Å². The molecule has 0 aromatic carbocycles. The first-order valence-electron chi connectivity index (χ1n) is 4.26. The van der Waals surface area contributed by atoms with Gasteiger partial charge in [-0.3, -0.25) is 9.36 Å². The molecule has 0 bridgehead atoms. The largest absolute Gasteiger partial charge is 0.297 e. The van der Waals surface area contributed by atoms with Crippen LogP contribution >= 0.6 is 15.9 Å². The highest BCUT2D eigenvalue weighted by Gasteiger charge is 2.01. The van der Waals surface area contributed by atoms with Crippen LogP contribution in [0.25, 0.3) is 0 Å². The minimum atomic E-state index is 0.0472. The van der Waals surface area contributed by atoms with E-state index in [0.717, 1.165) is 29.8 Å². The summed E-state index contributed by atoms with van der Waals surface area (Å²) in [4.78, 5) is 15.7. The van der Waals surface area contributed by atoms with Gasteiger partial charge in [-0.2, -0.15) is 0 Å². The Balaban J connectivity index is 2.99. The molecule has 3 nitrogen and oxygen atoms in total. The van der Waals surface area contributed by atoms with Crippen molar-refractivity contribution in [1.29, 1.82) is 0 Å². The third-order valence-corrected chi connectivity index (χ3v) is 2.40. The molecular formula is C9H13BrN2O.